The molecule has 0 radical (unpaired) electrons. The number of hydrogen-bond donors (Lipinski definition) is 2. The van der Waals surface area contributed by atoms with E-state index in [0.29, 0.717) is 36.1 Å². The Balaban J connectivity index is 1.61. The van der Waals surface area contributed by atoms with E-state index in [-0.39, 0.29) is 16.5 Å². The standard InChI is InChI=1S/C24H28N2O5S2/c1-3-13-30-21-12-11-20(17-22(21)31-14-4-2)25-23(27)16-18-7-9-19(10-8-18)26-33(28,29)24-6-5-15-32-24/h5-12,15,17,26H,3-4,13-14,16H2,1-2H3,(H,25,27). The number of ether oxygens (including phenoxy) is 2. The lowest BCUT2D eigenvalue weighted by atomic mass is 10.1. The number of nitrogens with one attached hydrogen (secondary N) is 2. The molecule has 2 aromatic carbocycles. The first kappa shape index (κ1) is 24.6. The summed E-state index contributed by atoms with van der Waals surface area (Å²) in [6, 6.07) is 15.3. The second-order valence-corrected chi connectivity index (χ2v) is 10.2. The fraction of sp³-hybridized carbons (Fsp3) is 0.292. The van der Waals surface area contributed by atoms with Crippen LogP contribution in [0.25, 0.3) is 0 Å². The molecule has 0 unspecified atom stereocenters. The summed E-state index contributed by atoms with van der Waals surface area (Å²) in [5.74, 6) is 1.07. The SMILES string of the molecule is CCCOc1ccc(NC(=O)Cc2ccc(NS(=O)(=O)c3cccs3)cc2)cc1OCCC. The van der Waals surface area contributed by atoms with Gasteiger partial charge in [-0.3, -0.25) is 9.52 Å². The molecular formula is C24H28N2O5S2. The van der Waals surface area contributed by atoms with E-state index in [0.717, 1.165) is 29.7 Å². The molecule has 176 valence electrons. The van der Waals surface area contributed by atoms with Crippen molar-refractivity contribution in [3.8, 4) is 11.5 Å². The summed E-state index contributed by atoms with van der Waals surface area (Å²) >= 11 is 1.15. The van der Waals surface area contributed by atoms with Gasteiger partial charge in [0.05, 0.1) is 19.6 Å². The molecule has 33 heavy (non-hydrogen) atoms. The van der Waals surface area contributed by atoms with Gasteiger partial charge in [0.2, 0.25) is 5.91 Å². The summed E-state index contributed by atoms with van der Waals surface area (Å²) in [6.07, 6.45) is 1.90. The minimum atomic E-state index is -3.60. The maximum absolute atomic E-state index is 12.5. The van der Waals surface area contributed by atoms with E-state index in [1.165, 1.54) is 0 Å². The normalized spacial score (nSPS) is 11.1. The highest BCUT2D eigenvalue weighted by atomic mass is 32.2. The lowest BCUT2D eigenvalue weighted by molar-refractivity contribution is -0.115. The molecular weight excluding hydrogens is 460 g/mol. The highest BCUT2D eigenvalue weighted by Crippen LogP contribution is 2.31. The van der Waals surface area contributed by atoms with Crippen molar-refractivity contribution in [1.82, 2.24) is 0 Å². The van der Waals surface area contributed by atoms with Crippen molar-refractivity contribution >= 4 is 38.6 Å². The summed E-state index contributed by atoms with van der Waals surface area (Å²) in [7, 11) is -3.60. The number of benzene rings is 2. The maximum Gasteiger partial charge on any atom is 0.271 e. The minimum Gasteiger partial charge on any atom is -0.490 e. The Kier molecular flexibility index (Phi) is 8.73. The molecule has 0 aliphatic carbocycles. The molecule has 9 heteroatoms. The molecule has 0 fully saturated rings. The molecule has 1 aromatic heterocycles. The summed E-state index contributed by atoms with van der Waals surface area (Å²) in [5.41, 5.74) is 1.82. The van der Waals surface area contributed by atoms with Crippen LogP contribution in [0.5, 0.6) is 11.5 Å². The van der Waals surface area contributed by atoms with Gasteiger partial charge in [-0.15, -0.1) is 11.3 Å². The molecule has 0 atom stereocenters. The van der Waals surface area contributed by atoms with Crippen LogP contribution in [0.15, 0.2) is 64.2 Å². The van der Waals surface area contributed by atoms with E-state index < -0.39 is 10.0 Å². The molecule has 0 saturated carbocycles. The second-order valence-electron chi connectivity index (χ2n) is 7.32. The van der Waals surface area contributed by atoms with Gasteiger partial charge >= 0.3 is 0 Å². The Bertz CT molecular complexity index is 1140. The predicted molar refractivity (Wildman–Crippen MR) is 132 cm³/mol. The van der Waals surface area contributed by atoms with E-state index in [1.54, 1.807) is 60.0 Å². The summed E-state index contributed by atoms with van der Waals surface area (Å²) < 4.78 is 38.9. The lowest BCUT2D eigenvalue weighted by Gasteiger charge is -2.14. The van der Waals surface area contributed by atoms with Crippen molar-refractivity contribution in [3.05, 3.63) is 65.5 Å². The predicted octanol–water partition coefficient (Wildman–Crippen LogP) is 5.31. The minimum absolute atomic E-state index is 0.150. The van der Waals surface area contributed by atoms with E-state index in [4.69, 9.17) is 9.47 Å². The number of carbonyl (C=O) groups is 1. The molecule has 1 amide bonds. The van der Waals surface area contributed by atoms with Crippen LogP contribution in [0, 0.1) is 0 Å². The second kappa shape index (κ2) is 11.7. The average molecular weight is 489 g/mol. The molecule has 0 aliphatic heterocycles. The van der Waals surface area contributed by atoms with Gasteiger partial charge in [0.1, 0.15) is 4.21 Å². The number of sulfonamides is 1. The number of amides is 1. The van der Waals surface area contributed by atoms with Crippen LogP contribution in [0.3, 0.4) is 0 Å². The number of anilines is 2. The van der Waals surface area contributed by atoms with Crippen molar-refractivity contribution in [2.75, 3.05) is 23.3 Å². The molecule has 3 rings (SSSR count). The third-order valence-electron chi connectivity index (χ3n) is 4.48. The van der Waals surface area contributed by atoms with Gasteiger partial charge in [-0.1, -0.05) is 32.0 Å². The maximum atomic E-state index is 12.5. The third kappa shape index (κ3) is 7.23. The Hall–Kier alpha value is -3.04. The molecule has 2 N–H and O–H groups in total. The Morgan fingerprint density at radius 2 is 1.58 bits per heavy atom. The highest BCUT2D eigenvalue weighted by Gasteiger charge is 2.15. The van der Waals surface area contributed by atoms with Crippen LogP contribution in [-0.4, -0.2) is 27.5 Å². The molecule has 7 nitrogen and oxygen atoms in total. The van der Waals surface area contributed by atoms with Gasteiger partial charge in [0.15, 0.2) is 11.5 Å². The van der Waals surface area contributed by atoms with Gasteiger partial charge in [0, 0.05) is 17.4 Å². The van der Waals surface area contributed by atoms with Crippen molar-refractivity contribution in [3.63, 3.8) is 0 Å². The van der Waals surface area contributed by atoms with Crippen molar-refractivity contribution < 1.29 is 22.7 Å². The number of rotatable bonds is 12. The third-order valence-corrected chi connectivity index (χ3v) is 7.26. The van der Waals surface area contributed by atoms with Crippen LogP contribution in [0.1, 0.15) is 32.3 Å². The fourth-order valence-electron chi connectivity index (χ4n) is 2.94. The number of hydrogen-bond acceptors (Lipinski definition) is 6. The molecule has 0 bridgehead atoms. The molecule has 0 saturated heterocycles. The van der Waals surface area contributed by atoms with Crippen LogP contribution >= 0.6 is 11.3 Å². The first-order valence-corrected chi connectivity index (χ1v) is 13.1. The smallest absolute Gasteiger partial charge is 0.271 e. The Morgan fingerprint density at radius 3 is 2.21 bits per heavy atom. The van der Waals surface area contributed by atoms with Crippen molar-refractivity contribution in [1.29, 1.82) is 0 Å². The monoisotopic (exact) mass is 488 g/mol. The fourth-order valence-corrected chi connectivity index (χ4v) is 5.00. The number of carbonyl (C=O) groups excluding carboxylic acids is 1. The van der Waals surface area contributed by atoms with E-state index in [9.17, 15) is 13.2 Å². The number of thiophene rings is 1. The average Bonchev–Trinajstić information content (AvgIpc) is 3.34. The van der Waals surface area contributed by atoms with Crippen LogP contribution in [0.2, 0.25) is 0 Å². The van der Waals surface area contributed by atoms with E-state index >= 15 is 0 Å². The van der Waals surface area contributed by atoms with Gasteiger partial charge in [-0.25, -0.2) is 8.42 Å². The van der Waals surface area contributed by atoms with Crippen LogP contribution in [0.4, 0.5) is 11.4 Å². The zero-order valence-electron chi connectivity index (χ0n) is 18.7. The largest absolute Gasteiger partial charge is 0.490 e. The highest BCUT2D eigenvalue weighted by molar-refractivity contribution is 7.94. The topological polar surface area (TPSA) is 93.7 Å². The Labute approximate surface area is 198 Å². The summed E-state index contributed by atoms with van der Waals surface area (Å²) in [4.78, 5) is 12.5. The first-order chi connectivity index (χ1) is 15.9. The molecule has 1 heterocycles. The van der Waals surface area contributed by atoms with Crippen molar-refractivity contribution in [2.45, 2.75) is 37.3 Å². The van der Waals surface area contributed by atoms with E-state index in [1.807, 2.05) is 13.8 Å². The first-order valence-electron chi connectivity index (χ1n) is 10.8. The quantitative estimate of drug-likeness (QED) is 0.360. The lowest BCUT2D eigenvalue weighted by Crippen LogP contribution is -2.15. The Morgan fingerprint density at radius 1 is 0.909 bits per heavy atom. The van der Waals surface area contributed by atoms with Crippen LogP contribution in [-0.2, 0) is 21.2 Å². The molecule has 0 spiro atoms. The van der Waals surface area contributed by atoms with Crippen LogP contribution < -0.4 is 19.5 Å². The molecule has 3 aromatic rings. The molecule has 0 aliphatic rings. The zero-order chi connectivity index (χ0) is 23.7. The summed E-state index contributed by atoms with van der Waals surface area (Å²) in [5, 5.41) is 4.59. The van der Waals surface area contributed by atoms with Gasteiger partial charge in [-0.2, -0.15) is 0 Å². The van der Waals surface area contributed by atoms with E-state index in [2.05, 4.69) is 10.0 Å². The van der Waals surface area contributed by atoms with Gasteiger partial charge < -0.3 is 14.8 Å². The van der Waals surface area contributed by atoms with Gasteiger partial charge in [-0.05, 0) is 54.1 Å². The van der Waals surface area contributed by atoms with Crippen molar-refractivity contribution in [2.24, 2.45) is 0 Å². The summed E-state index contributed by atoms with van der Waals surface area (Å²) in [6.45, 7) is 5.21. The van der Waals surface area contributed by atoms with Gasteiger partial charge in [0.25, 0.3) is 10.0 Å². The zero-order valence-corrected chi connectivity index (χ0v) is 20.3.